The molecule has 0 atom stereocenters. The summed E-state index contributed by atoms with van der Waals surface area (Å²) in [6, 6.07) is 22.2. The Morgan fingerprint density at radius 3 is 2.33 bits per heavy atom. The van der Waals surface area contributed by atoms with Crippen LogP contribution in [0.5, 0.6) is 5.75 Å². The first kappa shape index (κ1) is 19.4. The highest BCUT2D eigenvalue weighted by atomic mass is 16.5. The molecule has 0 radical (unpaired) electrons. The molecule has 3 aromatic carbocycles. The number of benzene rings is 3. The average Bonchev–Trinajstić information content (AvgIpc) is 2.76. The Hall–Kier alpha value is -3.92. The summed E-state index contributed by atoms with van der Waals surface area (Å²) in [4.78, 5) is 25.7. The number of carbonyl (C=O) groups is 1. The standard InChI is InChI=1S/C26H20O4/c1-17-8-12-20(13-9-17)25-26(24(28)21-16-18(2)10-14-22(21)29-25)30-23(27)15-11-19-6-4-3-5-7-19/h3-16H,1-2H3. The van der Waals surface area contributed by atoms with Crippen molar-refractivity contribution in [3.05, 3.63) is 106 Å². The normalized spacial score (nSPS) is 11.1. The monoisotopic (exact) mass is 396 g/mol. The Labute approximate surface area is 174 Å². The SMILES string of the molecule is Cc1ccc(-c2oc3ccc(C)cc3c(=O)c2OC(=O)C=Cc2ccccc2)cc1. The number of aryl methyl sites for hydroxylation is 2. The first-order chi connectivity index (χ1) is 14.5. The van der Waals surface area contributed by atoms with Crippen LogP contribution in [0.3, 0.4) is 0 Å². The summed E-state index contributed by atoms with van der Waals surface area (Å²) in [5.41, 5.74) is 3.57. The van der Waals surface area contributed by atoms with Crippen LogP contribution in [0.2, 0.25) is 0 Å². The van der Waals surface area contributed by atoms with E-state index in [1.807, 2.05) is 74.5 Å². The van der Waals surface area contributed by atoms with Gasteiger partial charge in [0.25, 0.3) is 0 Å². The van der Waals surface area contributed by atoms with Crippen LogP contribution in [-0.2, 0) is 4.79 Å². The third-order valence-corrected chi connectivity index (χ3v) is 4.73. The van der Waals surface area contributed by atoms with Crippen molar-refractivity contribution in [3.8, 4) is 17.1 Å². The number of ether oxygens (including phenoxy) is 1. The molecule has 0 aliphatic heterocycles. The highest BCUT2D eigenvalue weighted by molar-refractivity contribution is 5.91. The van der Waals surface area contributed by atoms with Crippen LogP contribution >= 0.6 is 0 Å². The lowest BCUT2D eigenvalue weighted by atomic mass is 10.1. The van der Waals surface area contributed by atoms with Gasteiger partial charge in [-0.2, -0.15) is 0 Å². The molecule has 0 amide bonds. The summed E-state index contributed by atoms with van der Waals surface area (Å²) >= 11 is 0. The predicted molar refractivity (Wildman–Crippen MR) is 119 cm³/mol. The van der Waals surface area contributed by atoms with Gasteiger partial charge in [-0.3, -0.25) is 4.79 Å². The fraction of sp³-hybridized carbons (Fsp3) is 0.0769. The van der Waals surface area contributed by atoms with Crippen molar-refractivity contribution >= 4 is 23.0 Å². The first-order valence-corrected chi connectivity index (χ1v) is 9.61. The van der Waals surface area contributed by atoms with E-state index in [2.05, 4.69) is 0 Å². The molecule has 0 aliphatic carbocycles. The Morgan fingerprint density at radius 2 is 1.60 bits per heavy atom. The minimum absolute atomic E-state index is 0.111. The van der Waals surface area contributed by atoms with E-state index in [9.17, 15) is 9.59 Å². The fourth-order valence-electron chi connectivity index (χ4n) is 3.14. The number of rotatable bonds is 4. The van der Waals surface area contributed by atoms with Gasteiger partial charge in [0.15, 0.2) is 5.76 Å². The first-order valence-electron chi connectivity index (χ1n) is 9.61. The lowest BCUT2D eigenvalue weighted by Gasteiger charge is -2.10. The molecule has 0 unspecified atom stereocenters. The maximum Gasteiger partial charge on any atom is 0.336 e. The minimum Gasteiger partial charge on any atom is -0.452 e. The number of esters is 1. The van der Waals surface area contributed by atoms with Gasteiger partial charge in [0.05, 0.1) is 5.39 Å². The summed E-state index contributed by atoms with van der Waals surface area (Å²) in [5, 5.41) is 0.376. The predicted octanol–water partition coefficient (Wildman–Crippen LogP) is 5.70. The van der Waals surface area contributed by atoms with E-state index < -0.39 is 5.97 Å². The Morgan fingerprint density at radius 1 is 0.900 bits per heavy atom. The van der Waals surface area contributed by atoms with Gasteiger partial charge in [-0.05, 0) is 37.6 Å². The van der Waals surface area contributed by atoms with Crippen molar-refractivity contribution < 1.29 is 13.9 Å². The topological polar surface area (TPSA) is 56.5 Å². The van der Waals surface area contributed by atoms with Crippen LogP contribution in [0.25, 0.3) is 28.4 Å². The highest BCUT2D eigenvalue weighted by Gasteiger charge is 2.20. The van der Waals surface area contributed by atoms with Crippen LogP contribution in [-0.4, -0.2) is 5.97 Å². The molecule has 30 heavy (non-hydrogen) atoms. The zero-order chi connectivity index (χ0) is 21.1. The molecule has 0 fully saturated rings. The van der Waals surface area contributed by atoms with Gasteiger partial charge in [-0.1, -0.05) is 71.8 Å². The summed E-state index contributed by atoms with van der Waals surface area (Å²) in [6.07, 6.45) is 2.94. The van der Waals surface area contributed by atoms with Crippen molar-refractivity contribution in [2.24, 2.45) is 0 Å². The summed E-state index contributed by atoms with van der Waals surface area (Å²) < 4.78 is 11.5. The molecule has 4 nitrogen and oxygen atoms in total. The molecule has 148 valence electrons. The van der Waals surface area contributed by atoms with Crippen molar-refractivity contribution in [2.75, 3.05) is 0 Å². The zero-order valence-corrected chi connectivity index (χ0v) is 16.7. The molecule has 0 bridgehead atoms. The number of fused-ring (bicyclic) bond motifs is 1. The highest BCUT2D eigenvalue weighted by Crippen LogP contribution is 2.31. The van der Waals surface area contributed by atoms with Crippen molar-refractivity contribution in [1.82, 2.24) is 0 Å². The van der Waals surface area contributed by atoms with E-state index >= 15 is 0 Å². The number of hydrogen-bond donors (Lipinski definition) is 0. The second-order valence-electron chi connectivity index (χ2n) is 7.12. The van der Waals surface area contributed by atoms with Crippen LogP contribution in [0.15, 0.2) is 88.1 Å². The molecule has 1 heterocycles. The number of hydrogen-bond acceptors (Lipinski definition) is 4. The van der Waals surface area contributed by atoms with E-state index in [0.29, 0.717) is 16.5 Å². The lowest BCUT2D eigenvalue weighted by Crippen LogP contribution is -2.14. The van der Waals surface area contributed by atoms with Gasteiger partial charge in [-0.15, -0.1) is 0 Å². The molecule has 0 aliphatic rings. The second-order valence-corrected chi connectivity index (χ2v) is 7.12. The molecule has 0 N–H and O–H groups in total. The van der Waals surface area contributed by atoms with Crippen LogP contribution in [0, 0.1) is 13.8 Å². The summed E-state index contributed by atoms with van der Waals surface area (Å²) in [6.45, 7) is 3.86. The molecule has 4 rings (SSSR count). The van der Waals surface area contributed by atoms with Crippen LogP contribution in [0.1, 0.15) is 16.7 Å². The van der Waals surface area contributed by atoms with E-state index in [-0.39, 0.29) is 16.9 Å². The van der Waals surface area contributed by atoms with Gasteiger partial charge < -0.3 is 9.15 Å². The largest absolute Gasteiger partial charge is 0.452 e. The molecule has 0 spiro atoms. The van der Waals surface area contributed by atoms with Crippen LogP contribution in [0.4, 0.5) is 0 Å². The smallest absolute Gasteiger partial charge is 0.336 e. The summed E-state index contributed by atoms with van der Waals surface area (Å²) in [5.74, 6) is -0.524. The van der Waals surface area contributed by atoms with Gasteiger partial charge in [0, 0.05) is 11.6 Å². The molecular weight excluding hydrogens is 376 g/mol. The van der Waals surface area contributed by atoms with E-state index in [0.717, 1.165) is 16.7 Å². The molecule has 0 saturated heterocycles. The third-order valence-electron chi connectivity index (χ3n) is 4.73. The van der Waals surface area contributed by atoms with Crippen molar-refractivity contribution in [3.63, 3.8) is 0 Å². The number of carbonyl (C=O) groups excluding carboxylic acids is 1. The molecule has 1 aromatic heterocycles. The molecular formula is C26H20O4. The Balaban J connectivity index is 1.80. The van der Waals surface area contributed by atoms with Gasteiger partial charge in [0.2, 0.25) is 11.2 Å². The van der Waals surface area contributed by atoms with Gasteiger partial charge in [0.1, 0.15) is 5.58 Å². The quantitative estimate of drug-likeness (QED) is 0.328. The van der Waals surface area contributed by atoms with E-state index in [1.165, 1.54) is 6.08 Å². The lowest BCUT2D eigenvalue weighted by molar-refractivity contribution is -0.129. The Bertz CT molecular complexity index is 1300. The Kier molecular flexibility index (Phi) is 5.31. The van der Waals surface area contributed by atoms with Gasteiger partial charge in [-0.25, -0.2) is 4.79 Å². The van der Waals surface area contributed by atoms with Crippen molar-refractivity contribution in [1.29, 1.82) is 0 Å². The summed E-state index contributed by atoms with van der Waals surface area (Å²) in [7, 11) is 0. The van der Waals surface area contributed by atoms with Crippen molar-refractivity contribution in [2.45, 2.75) is 13.8 Å². The van der Waals surface area contributed by atoms with E-state index in [1.54, 1.807) is 18.2 Å². The molecule has 0 saturated carbocycles. The minimum atomic E-state index is -0.647. The second kappa shape index (κ2) is 8.21. The van der Waals surface area contributed by atoms with Gasteiger partial charge >= 0.3 is 5.97 Å². The molecule has 4 aromatic rings. The zero-order valence-electron chi connectivity index (χ0n) is 16.7. The third kappa shape index (κ3) is 4.08. The van der Waals surface area contributed by atoms with Crippen LogP contribution < -0.4 is 10.2 Å². The maximum absolute atomic E-state index is 13.2. The maximum atomic E-state index is 13.2. The fourth-order valence-corrected chi connectivity index (χ4v) is 3.14. The molecule has 4 heteroatoms. The average molecular weight is 396 g/mol. The van der Waals surface area contributed by atoms with E-state index in [4.69, 9.17) is 9.15 Å².